The summed E-state index contributed by atoms with van der Waals surface area (Å²) in [5.41, 5.74) is 0. The first-order valence-corrected chi connectivity index (χ1v) is 10.4. The van der Waals surface area contributed by atoms with E-state index in [-0.39, 0.29) is 41.2 Å². The van der Waals surface area contributed by atoms with Crippen LogP contribution in [0.25, 0.3) is 0 Å². The minimum atomic E-state index is -3.00. The standard InChI is InChI=1S/C16H26N2O4S/c1-11-3-6-18(7-4-11)16(20)14-9-13(14)15(19)17(2)12-5-8-23(21,22)10-12/h11-14H,3-10H2,1-2H3. The Balaban J connectivity index is 1.53. The van der Waals surface area contributed by atoms with E-state index in [1.165, 1.54) is 0 Å². The van der Waals surface area contributed by atoms with Crippen molar-refractivity contribution >= 4 is 21.7 Å². The number of piperidine rings is 1. The minimum Gasteiger partial charge on any atom is -0.342 e. The van der Waals surface area contributed by atoms with Gasteiger partial charge in [0.1, 0.15) is 0 Å². The lowest BCUT2D eigenvalue weighted by atomic mass is 9.99. The molecule has 1 aliphatic carbocycles. The summed E-state index contributed by atoms with van der Waals surface area (Å²) in [4.78, 5) is 28.5. The molecule has 0 bridgehead atoms. The quantitative estimate of drug-likeness (QED) is 0.750. The molecule has 3 atom stereocenters. The van der Waals surface area contributed by atoms with Crippen LogP contribution >= 0.6 is 0 Å². The zero-order valence-electron chi connectivity index (χ0n) is 13.9. The molecular weight excluding hydrogens is 316 g/mol. The highest BCUT2D eigenvalue weighted by atomic mass is 32.2. The van der Waals surface area contributed by atoms with E-state index in [2.05, 4.69) is 6.92 Å². The van der Waals surface area contributed by atoms with Crippen molar-refractivity contribution in [3.63, 3.8) is 0 Å². The van der Waals surface area contributed by atoms with Crippen LogP contribution in [-0.4, -0.2) is 67.7 Å². The normalized spacial score (nSPS) is 33.5. The molecule has 23 heavy (non-hydrogen) atoms. The lowest BCUT2D eigenvalue weighted by molar-refractivity contribution is -0.138. The number of sulfone groups is 1. The van der Waals surface area contributed by atoms with Gasteiger partial charge in [-0.3, -0.25) is 9.59 Å². The van der Waals surface area contributed by atoms with Crippen LogP contribution in [0.1, 0.15) is 32.6 Å². The van der Waals surface area contributed by atoms with Gasteiger partial charge in [0, 0.05) is 26.2 Å². The van der Waals surface area contributed by atoms with E-state index in [0.717, 1.165) is 25.9 Å². The summed E-state index contributed by atoms with van der Waals surface area (Å²) >= 11 is 0. The van der Waals surface area contributed by atoms with Gasteiger partial charge in [-0.15, -0.1) is 0 Å². The molecule has 7 heteroatoms. The van der Waals surface area contributed by atoms with Gasteiger partial charge < -0.3 is 9.80 Å². The average Bonchev–Trinajstić information content (AvgIpc) is 3.23. The Morgan fingerprint density at radius 2 is 1.74 bits per heavy atom. The van der Waals surface area contributed by atoms with E-state index < -0.39 is 9.84 Å². The molecule has 6 nitrogen and oxygen atoms in total. The molecule has 3 rings (SSSR count). The van der Waals surface area contributed by atoms with Crippen LogP contribution in [0.5, 0.6) is 0 Å². The van der Waals surface area contributed by atoms with Crippen molar-refractivity contribution in [2.45, 2.75) is 38.6 Å². The fourth-order valence-corrected chi connectivity index (χ4v) is 5.50. The summed E-state index contributed by atoms with van der Waals surface area (Å²) in [6, 6.07) is -0.223. The third kappa shape index (κ3) is 3.54. The predicted octanol–water partition coefficient (Wildman–Crippen LogP) is 0.527. The zero-order chi connectivity index (χ0) is 16.8. The van der Waals surface area contributed by atoms with Gasteiger partial charge in [-0.25, -0.2) is 8.42 Å². The molecule has 3 aliphatic rings. The number of hydrogen-bond donors (Lipinski definition) is 0. The third-order valence-corrected chi connectivity index (χ3v) is 7.37. The zero-order valence-corrected chi connectivity index (χ0v) is 14.7. The van der Waals surface area contributed by atoms with Gasteiger partial charge in [0.2, 0.25) is 11.8 Å². The van der Waals surface area contributed by atoms with E-state index in [1.54, 1.807) is 11.9 Å². The van der Waals surface area contributed by atoms with Crippen molar-refractivity contribution in [2.24, 2.45) is 17.8 Å². The van der Waals surface area contributed by atoms with Gasteiger partial charge in [-0.05, 0) is 31.6 Å². The van der Waals surface area contributed by atoms with Crippen molar-refractivity contribution in [3.05, 3.63) is 0 Å². The Morgan fingerprint density at radius 3 is 2.30 bits per heavy atom. The molecule has 3 unspecified atom stereocenters. The molecule has 0 aromatic rings. The number of hydrogen-bond acceptors (Lipinski definition) is 4. The van der Waals surface area contributed by atoms with E-state index in [1.807, 2.05) is 4.90 Å². The van der Waals surface area contributed by atoms with Crippen LogP contribution < -0.4 is 0 Å². The van der Waals surface area contributed by atoms with Gasteiger partial charge in [0.25, 0.3) is 0 Å². The fraction of sp³-hybridized carbons (Fsp3) is 0.875. The van der Waals surface area contributed by atoms with Crippen LogP contribution in [-0.2, 0) is 19.4 Å². The number of carbonyl (C=O) groups excluding carboxylic acids is 2. The van der Waals surface area contributed by atoms with Crippen LogP contribution in [0.3, 0.4) is 0 Å². The molecule has 130 valence electrons. The molecule has 1 saturated carbocycles. The molecule has 0 radical (unpaired) electrons. The van der Waals surface area contributed by atoms with E-state index in [9.17, 15) is 18.0 Å². The first kappa shape index (κ1) is 16.7. The first-order valence-electron chi connectivity index (χ1n) is 8.54. The Hall–Kier alpha value is -1.11. The molecule has 0 aromatic carbocycles. The number of amides is 2. The topological polar surface area (TPSA) is 74.8 Å². The van der Waals surface area contributed by atoms with Crippen molar-refractivity contribution in [2.75, 3.05) is 31.6 Å². The number of carbonyl (C=O) groups is 2. The van der Waals surface area contributed by atoms with Gasteiger partial charge in [-0.1, -0.05) is 6.92 Å². The highest BCUT2D eigenvalue weighted by molar-refractivity contribution is 7.91. The number of rotatable bonds is 3. The Kier molecular flexibility index (Phi) is 4.42. The van der Waals surface area contributed by atoms with Gasteiger partial charge >= 0.3 is 0 Å². The van der Waals surface area contributed by atoms with Crippen LogP contribution in [0.15, 0.2) is 0 Å². The maximum Gasteiger partial charge on any atom is 0.226 e. The van der Waals surface area contributed by atoms with Crippen molar-refractivity contribution < 1.29 is 18.0 Å². The second-order valence-corrected chi connectivity index (χ2v) is 9.69. The molecule has 2 heterocycles. The lowest BCUT2D eigenvalue weighted by Crippen LogP contribution is -2.41. The average molecular weight is 342 g/mol. The molecule has 0 N–H and O–H groups in total. The predicted molar refractivity (Wildman–Crippen MR) is 86.4 cm³/mol. The highest BCUT2D eigenvalue weighted by Gasteiger charge is 2.51. The molecule has 2 aliphatic heterocycles. The number of likely N-dealkylation sites (tertiary alicyclic amines) is 1. The smallest absolute Gasteiger partial charge is 0.226 e. The van der Waals surface area contributed by atoms with Gasteiger partial charge in [0.05, 0.1) is 23.3 Å². The minimum absolute atomic E-state index is 0.0594. The largest absolute Gasteiger partial charge is 0.342 e. The van der Waals surface area contributed by atoms with Crippen LogP contribution in [0.4, 0.5) is 0 Å². The summed E-state index contributed by atoms with van der Waals surface area (Å²) in [5.74, 6) is 0.523. The SMILES string of the molecule is CC1CCN(C(=O)C2CC2C(=O)N(C)C2CCS(=O)(=O)C2)CC1. The van der Waals surface area contributed by atoms with Crippen LogP contribution in [0.2, 0.25) is 0 Å². The summed E-state index contributed by atoms with van der Waals surface area (Å²) in [6.45, 7) is 3.80. The van der Waals surface area contributed by atoms with E-state index in [0.29, 0.717) is 18.8 Å². The molecule has 3 fully saturated rings. The Bertz CT molecular complexity index is 595. The second-order valence-electron chi connectivity index (χ2n) is 7.46. The first-order chi connectivity index (χ1) is 10.8. The Morgan fingerprint density at radius 1 is 1.09 bits per heavy atom. The van der Waals surface area contributed by atoms with Crippen LogP contribution in [0, 0.1) is 17.8 Å². The highest BCUT2D eigenvalue weighted by Crippen LogP contribution is 2.42. The Labute approximate surface area is 138 Å². The molecule has 0 spiro atoms. The van der Waals surface area contributed by atoms with E-state index >= 15 is 0 Å². The summed E-state index contributed by atoms with van der Waals surface area (Å²) < 4.78 is 23.1. The molecular formula is C16H26N2O4S. The third-order valence-electron chi connectivity index (χ3n) is 5.62. The maximum absolute atomic E-state index is 12.5. The lowest BCUT2D eigenvalue weighted by Gasteiger charge is -2.30. The summed E-state index contributed by atoms with van der Waals surface area (Å²) in [7, 11) is -1.32. The summed E-state index contributed by atoms with van der Waals surface area (Å²) in [6.07, 6.45) is 3.21. The monoisotopic (exact) mass is 342 g/mol. The molecule has 2 amide bonds. The van der Waals surface area contributed by atoms with Gasteiger partial charge in [0.15, 0.2) is 9.84 Å². The van der Waals surface area contributed by atoms with Crippen molar-refractivity contribution in [3.8, 4) is 0 Å². The summed E-state index contributed by atoms with van der Waals surface area (Å²) in [5, 5.41) is 0. The second kappa shape index (κ2) is 6.07. The molecule has 0 aromatic heterocycles. The number of nitrogens with zero attached hydrogens (tertiary/aromatic N) is 2. The van der Waals surface area contributed by atoms with Crippen molar-refractivity contribution in [1.82, 2.24) is 9.80 Å². The van der Waals surface area contributed by atoms with E-state index in [4.69, 9.17) is 0 Å². The fourth-order valence-electron chi connectivity index (χ4n) is 3.73. The van der Waals surface area contributed by atoms with Crippen molar-refractivity contribution in [1.29, 1.82) is 0 Å². The molecule has 2 saturated heterocycles. The maximum atomic E-state index is 12.5. The van der Waals surface area contributed by atoms with Gasteiger partial charge in [-0.2, -0.15) is 0 Å².